The molecule has 0 bridgehead atoms. The molecular weight excluding hydrogens is 121 g/mol. The highest BCUT2D eigenvalue weighted by molar-refractivity contribution is 4.91. The minimum absolute atomic E-state index is 0.847. The van der Waals surface area contributed by atoms with E-state index in [2.05, 4.69) is 0 Å². The Hall–Kier alpha value is -0.250. The summed E-state index contributed by atoms with van der Waals surface area (Å²) in [5.74, 6) is -0.863. The SMILES string of the molecule is C[C](CF)C(O)(F)F. The lowest BCUT2D eigenvalue weighted by Gasteiger charge is -2.11. The van der Waals surface area contributed by atoms with Crippen molar-refractivity contribution >= 4 is 0 Å². The van der Waals surface area contributed by atoms with Crippen LogP contribution in [0.3, 0.4) is 0 Å². The molecule has 0 amide bonds. The second kappa shape index (κ2) is 2.35. The van der Waals surface area contributed by atoms with Crippen molar-refractivity contribution in [2.24, 2.45) is 0 Å². The third kappa shape index (κ3) is 2.16. The smallest absolute Gasteiger partial charge is 0.336 e. The van der Waals surface area contributed by atoms with Gasteiger partial charge in [0.25, 0.3) is 0 Å². The molecule has 0 aliphatic heterocycles. The van der Waals surface area contributed by atoms with Gasteiger partial charge in [0.15, 0.2) is 0 Å². The number of alkyl halides is 3. The zero-order chi connectivity index (χ0) is 6.78. The fourth-order valence-corrected chi connectivity index (χ4v) is 0.0804. The highest BCUT2D eigenvalue weighted by Gasteiger charge is 2.33. The Morgan fingerprint density at radius 3 is 2.00 bits per heavy atom. The van der Waals surface area contributed by atoms with Gasteiger partial charge in [0.1, 0.15) is 12.6 Å². The first-order valence-corrected chi connectivity index (χ1v) is 1.97. The third-order valence-electron chi connectivity index (χ3n) is 0.714. The summed E-state index contributed by atoms with van der Waals surface area (Å²) in [6, 6.07) is 0. The second-order valence-corrected chi connectivity index (χ2v) is 1.46. The molecule has 1 radical (unpaired) electrons. The summed E-state index contributed by atoms with van der Waals surface area (Å²) >= 11 is 0. The van der Waals surface area contributed by atoms with Crippen LogP contribution < -0.4 is 0 Å². The molecule has 0 saturated heterocycles. The molecule has 0 fully saturated rings. The molecule has 0 rings (SSSR count). The number of hydrogen-bond acceptors (Lipinski definition) is 1. The molecule has 0 saturated carbocycles. The van der Waals surface area contributed by atoms with Gasteiger partial charge in [-0.2, -0.15) is 8.78 Å². The Morgan fingerprint density at radius 1 is 1.62 bits per heavy atom. The molecule has 49 valence electrons. The highest BCUT2D eigenvalue weighted by atomic mass is 19.3. The van der Waals surface area contributed by atoms with Gasteiger partial charge in [-0.05, 0) is 6.92 Å². The van der Waals surface area contributed by atoms with E-state index < -0.39 is 18.7 Å². The minimum Gasteiger partial charge on any atom is -0.336 e. The van der Waals surface area contributed by atoms with Crippen molar-refractivity contribution in [3.63, 3.8) is 0 Å². The van der Waals surface area contributed by atoms with Crippen molar-refractivity contribution < 1.29 is 18.3 Å². The van der Waals surface area contributed by atoms with Crippen LogP contribution in [0.5, 0.6) is 0 Å². The van der Waals surface area contributed by atoms with Crippen LogP contribution in [0.25, 0.3) is 0 Å². The molecule has 0 aromatic carbocycles. The molecule has 0 unspecified atom stereocenters. The first kappa shape index (κ1) is 7.75. The Kier molecular flexibility index (Phi) is 2.27. The van der Waals surface area contributed by atoms with Crippen LogP contribution in [0, 0.1) is 5.92 Å². The van der Waals surface area contributed by atoms with E-state index in [0.717, 1.165) is 6.92 Å². The summed E-state index contributed by atoms with van der Waals surface area (Å²) in [5, 5.41) is 7.68. The highest BCUT2D eigenvalue weighted by Crippen LogP contribution is 2.22. The second-order valence-electron chi connectivity index (χ2n) is 1.46. The summed E-state index contributed by atoms with van der Waals surface area (Å²) < 4.78 is 34.0. The molecule has 0 heterocycles. The standard InChI is InChI=1S/C4H6F3O/c1-3(2-5)4(6,7)8/h8H,2H2,1H3. The van der Waals surface area contributed by atoms with Crippen molar-refractivity contribution in [1.82, 2.24) is 0 Å². The topological polar surface area (TPSA) is 20.2 Å². The van der Waals surface area contributed by atoms with Crippen LogP contribution >= 0.6 is 0 Å². The van der Waals surface area contributed by atoms with E-state index in [9.17, 15) is 13.2 Å². The Balaban J connectivity index is 3.62. The van der Waals surface area contributed by atoms with E-state index in [0.29, 0.717) is 0 Å². The predicted molar refractivity (Wildman–Crippen MR) is 22.1 cm³/mol. The molecule has 0 spiro atoms. The molecule has 0 aliphatic carbocycles. The summed E-state index contributed by atoms with van der Waals surface area (Å²) in [4.78, 5) is 0. The normalized spacial score (nSPS) is 12.8. The molecule has 1 N–H and O–H groups in total. The lowest BCUT2D eigenvalue weighted by Crippen LogP contribution is -2.24. The first-order chi connectivity index (χ1) is 3.48. The predicted octanol–water partition coefficient (Wildman–Crippen LogP) is 1.14. The average Bonchev–Trinajstić information content (AvgIpc) is 1.62. The summed E-state index contributed by atoms with van der Waals surface area (Å²) in [6.45, 7) is -0.441. The Bertz CT molecular complexity index is 68.2. The lowest BCUT2D eigenvalue weighted by molar-refractivity contribution is -0.186. The zero-order valence-electron chi connectivity index (χ0n) is 4.29. The maximum Gasteiger partial charge on any atom is 0.362 e. The number of hydrogen-bond donors (Lipinski definition) is 1. The fourth-order valence-electron chi connectivity index (χ4n) is 0.0804. The number of aliphatic hydroxyl groups is 1. The Labute approximate surface area is 45.1 Å². The van der Waals surface area contributed by atoms with Gasteiger partial charge in [-0.1, -0.05) is 0 Å². The number of rotatable bonds is 2. The van der Waals surface area contributed by atoms with Crippen molar-refractivity contribution in [2.45, 2.75) is 13.0 Å². The maximum absolute atomic E-state index is 11.4. The van der Waals surface area contributed by atoms with Crippen molar-refractivity contribution in [1.29, 1.82) is 0 Å². The fraction of sp³-hybridized carbons (Fsp3) is 0.750. The quantitative estimate of drug-likeness (QED) is 0.589. The number of halogens is 3. The van der Waals surface area contributed by atoms with Crippen molar-refractivity contribution in [2.75, 3.05) is 6.67 Å². The Morgan fingerprint density at radius 2 is 2.00 bits per heavy atom. The molecule has 8 heavy (non-hydrogen) atoms. The summed E-state index contributed by atoms with van der Waals surface area (Å²) in [5.41, 5.74) is 0. The van der Waals surface area contributed by atoms with Gasteiger partial charge >= 0.3 is 6.11 Å². The van der Waals surface area contributed by atoms with Crippen molar-refractivity contribution in [3.8, 4) is 0 Å². The van der Waals surface area contributed by atoms with Crippen LogP contribution in [0.2, 0.25) is 0 Å². The summed E-state index contributed by atoms with van der Waals surface area (Å²) in [7, 11) is 0. The van der Waals surface area contributed by atoms with Crippen molar-refractivity contribution in [3.05, 3.63) is 5.92 Å². The monoisotopic (exact) mass is 127 g/mol. The van der Waals surface area contributed by atoms with Crippen LogP contribution in [-0.2, 0) is 0 Å². The summed E-state index contributed by atoms with van der Waals surface area (Å²) in [6.07, 6.45) is -3.95. The first-order valence-electron chi connectivity index (χ1n) is 1.97. The van der Waals surface area contributed by atoms with Crippen LogP contribution in [-0.4, -0.2) is 17.9 Å². The van der Waals surface area contributed by atoms with E-state index in [4.69, 9.17) is 5.11 Å². The van der Waals surface area contributed by atoms with Gasteiger partial charge in [-0.3, -0.25) is 4.39 Å². The average molecular weight is 127 g/mol. The van der Waals surface area contributed by atoms with Crippen LogP contribution in [0.1, 0.15) is 6.92 Å². The molecule has 0 aromatic heterocycles. The molecule has 0 aliphatic rings. The van der Waals surface area contributed by atoms with Gasteiger partial charge < -0.3 is 5.11 Å². The zero-order valence-corrected chi connectivity index (χ0v) is 4.29. The van der Waals surface area contributed by atoms with Crippen LogP contribution in [0.15, 0.2) is 0 Å². The molecule has 4 heteroatoms. The molecular formula is C4H6F3O. The van der Waals surface area contributed by atoms with E-state index >= 15 is 0 Å². The van der Waals surface area contributed by atoms with E-state index in [1.54, 1.807) is 0 Å². The largest absolute Gasteiger partial charge is 0.362 e. The van der Waals surface area contributed by atoms with Gasteiger partial charge in [-0.15, -0.1) is 0 Å². The van der Waals surface area contributed by atoms with Crippen LogP contribution in [0.4, 0.5) is 13.2 Å². The van der Waals surface area contributed by atoms with Gasteiger partial charge in [-0.25, -0.2) is 0 Å². The third-order valence-corrected chi connectivity index (χ3v) is 0.714. The van der Waals surface area contributed by atoms with Gasteiger partial charge in [0.05, 0.1) is 0 Å². The molecule has 1 nitrogen and oxygen atoms in total. The van der Waals surface area contributed by atoms with E-state index in [1.807, 2.05) is 0 Å². The maximum atomic E-state index is 11.4. The van der Waals surface area contributed by atoms with Gasteiger partial charge in [0, 0.05) is 0 Å². The van der Waals surface area contributed by atoms with E-state index in [1.165, 1.54) is 0 Å². The van der Waals surface area contributed by atoms with Gasteiger partial charge in [0.2, 0.25) is 0 Å². The van der Waals surface area contributed by atoms with E-state index in [-0.39, 0.29) is 0 Å². The lowest BCUT2D eigenvalue weighted by atomic mass is 10.2. The molecule has 0 atom stereocenters. The minimum atomic E-state index is -3.95. The molecule has 0 aromatic rings.